The van der Waals surface area contributed by atoms with Crippen LogP contribution in [0.25, 0.3) is 11.0 Å². The normalized spacial score (nSPS) is 12.3. The minimum atomic E-state index is -1.02. The Morgan fingerprint density at radius 1 is 1.42 bits per heavy atom. The molecule has 0 fully saturated rings. The molecular weight excluding hydrogens is 391 g/mol. The first kappa shape index (κ1) is 15.3. The molecule has 0 N–H and O–H groups in total. The zero-order valence-corrected chi connectivity index (χ0v) is 15.3. The zero-order chi connectivity index (χ0) is 14.0. The molecule has 19 heavy (non-hydrogen) atoms. The molecule has 0 saturated carbocycles. The van der Waals surface area contributed by atoms with E-state index in [4.69, 9.17) is 16.3 Å². The summed E-state index contributed by atoms with van der Waals surface area (Å²) in [5, 5.41) is 1.75. The van der Waals surface area contributed by atoms with Gasteiger partial charge in [0.25, 0.3) is 0 Å². The van der Waals surface area contributed by atoms with E-state index >= 15 is 0 Å². The van der Waals surface area contributed by atoms with Gasteiger partial charge in [-0.2, -0.15) is 0 Å². The number of pyridine rings is 1. The van der Waals surface area contributed by atoms with E-state index in [-0.39, 0.29) is 0 Å². The van der Waals surface area contributed by atoms with E-state index < -0.39 is 8.07 Å². The van der Waals surface area contributed by atoms with Crippen LogP contribution in [-0.2, 0) is 11.5 Å². The molecule has 0 amide bonds. The molecule has 0 aromatic carbocycles. The summed E-state index contributed by atoms with van der Waals surface area (Å²) in [7, 11) is -1.02. The Morgan fingerprint density at radius 3 is 2.84 bits per heavy atom. The third-order valence-electron chi connectivity index (χ3n) is 2.86. The highest BCUT2D eigenvalue weighted by Gasteiger charge is 2.13. The van der Waals surface area contributed by atoms with Crippen molar-refractivity contribution in [3.8, 4) is 0 Å². The zero-order valence-electron chi connectivity index (χ0n) is 11.4. The summed E-state index contributed by atoms with van der Waals surface area (Å²) in [5.74, 6) is 0. The quantitative estimate of drug-likeness (QED) is 0.410. The van der Waals surface area contributed by atoms with Gasteiger partial charge in [0.1, 0.15) is 12.4 Å². The Bertz CT molecular complexity index is 580. The molecule has 0 spiro atoms. The second kappa shape index (κ2) is 6.11. The lowest BCUT2D eigenvalue weighted by Crippen LogP contribution is -2.22. The van der Waals surface area contributed by atoms with Crippen molar-refractivity contribution in [3.63, 3.8) is 0 Å². The minimum absolute atomic E-state index is 0.554. The molecule has 0 radical (unpaired) electrons. The van der Waals surface area contributed by atoms with E-state index in [2.05, 4.69) is 53.4 Å². The Labute approximate surface area is 133 Å². The topological polar surface area (TPSA) is 27.1 Å². The van der Waals surface area contributed by atoms with Gasteiger partial charge >= 0.3 is 0 Å². The highest BCUT2D eigenvalue weighted by molar-refractivity contribution is 14.1. The van der Waals surface area contributed by atoms with Crippen molar-refractivity contribution in [2.75, 3.05) is 6.61 Å². The number of hydrogen-bond donors (Lipinski definition) is 0. The molecule has 0 unspecified atom stereocenters. The molecular formula is C13H18ClIN2OSi. The lowest BCUT2D eigenvalue weighted by atomic mass is 10.3. The van der Waals surface area contributed by atoms with E-state index in [0.717, 1.165) is 21.2 Å². The first-order valence-electron chi connectivity index (χ1n) is 6.24. The summed E-state index contributed by atoms with van der Waals surface area (Å²) >= 11 is 8.28. The Balaban J connectivity index is 2.05. The number of rotatable bonds is 5. The molecule has 104 valence electrons. The van der Waals surface area contributed by atoms with Crippen LogP contribution in [0.4, 0.5) is 0 Å². The van der Waals surface area contributed by atoms with E-state index in [9.17, 15) is 0 Å². The molecule has 0 aliphatic rings. The first-order valence-corrected chi connectivity index (χ1v) is 11.4. The van der Waals surface area contributed by atoms with Gasteiger partial charge in [-0.3, -0.25) is 0 Å². The summed E-state index contributed by atoms with van der Waals surface area (Å²) in [5.41, 5.74) is 0.932. The maximum Gasteiger partial charge on any atom is 0.142 e. The number of fused-ring (bicyclic) bond motifs is 1. The van der Waals surface area contributed by atoms with Gasteiger partial charge in [-0.05, 0) is 34.7 Å². The lowest BCUT2D eigenvalue weighted by Gasteiger charge is -2.15. The van der Waals surface area contributed by atoms with Crippen LogP contribution in [0.3, 0.4) is 0 Å². The van der Waals surface area contributed by atoms with Crippen LogP contribution in [0.2, 0.25) is 30.7 Å². The average molecular weight is 409 g/mol. The number of aromatic nitrogens is 2. The van der Waals surface area contributed by atoms with Gasteiger partial charge in [-0.1, -0.05) is 31.2 Å². The van der Waals surface area contributed by atoms with E-state index in [1.165, 1.54) is 6.04 Å². The summed E-state index contributed by atoms with van der Waals surface area (Å²) < 4.78 is 8.96. The van der Waals surface area contributed by atoms with Gasteiger partial charge in [0.05, 0.1) is 5.02 Å². The van der Waals surface area contributed by atoms with Crippen molar-refractivity contribution in [3.05, 3.63) is 27.1 Å². The molecule has 6 heteroatoms. The fourth-order valence-electron chi connectivity index (χ4n) is 1.74. The summed E-state index contributed by atoms with van der Waals surface area (Å²) in [4.78, 5) is 4.38. The largest absolute Gasteiger partial charge is 0.361 e. The Morgan fingerprint density at radius 2 is 2.16 bits per heavy atom. The van der Waals surface area contributed by atoms with Crippen molar-refractivity contribution in [2.45, 2.75) is 32.4 Å². The molecule has 2 aromatic heterocycles. The molecule has 3 nitrogen and oxygen atoms in total. The van der Waals surface area contributed by atoms with E-state index in [0.29, 0.717) is 11.8 Å². The van der Waals surface area contributed by atoms with E-state index in [1.54, 1.807) is 6.20 Å². The SMILES string of the molecule is C[Si](C)(C)CCOCn1cc(I)c2cc(Cl)cnc21. The minimum Gasteiger partial charge on any atom is -0.361 e. The van der Waals surface area contributed by atoms with Gasteiger partial charge in [0, 0.05) is 36.0 Å². The van der Waals surface area contributed by atoms with Crippen LogP contribution in [0.15, 0.2) is 18.5 Å². The Kier molecular flexibility index (Phi) is 4.92. The molecule has 0 atom stereocenters. The smallest absolute Gasteiger partial charge is 0.142 e. The maximum absolute atomic E-state index is 5.98. The summed E-state index contributed by atoms with van der Waals surface area (Å²) in [6.07, 6.45) is 3.74. The van der Waals surface area contributed by atoms with Crippen molar-refractivity contribution in [1.29, 1.82) is 0 Å². The van der Waals surface area contributed by atoms with E-state index in [1.807, 2.05) is 10.6 Å². The highest BCUT2D eigenvalue weighted by atomic mass is 127. The number of ether oxygens (including phenoxy) is 1. The predicted octanol–water partition coefficient (Wildman–Crippen LogP) is 4.61. The first-order chi connectivity index (χ1) is 8.87. The molecule has 2 rings (SSSR count). The van der Waals surface area contributed by atoms with Gasteiger partial charge in [-0.15, -0.1) is 0 Å². The van der Waals surface area contributed by atoms with Crippen LogP contribution in [-0.4, -0.2) is 24.2 Å². The van der Waals surface area contributed by atoms with Crippen molar-refractivity contribution < 1.29 is 4.74 Å². The average Bonchev–Trinajstić information content (AvgIpc) is 2.60. The third-order valence-corrected chi connectivity index (χ3v) is 5.63. The number of hydrogen-bond acceptors (Lipinski definition) is 2. The fourth-order valence-corrected chi connectivity index (χ4v) is 3.39. The van der Waals surface area contributed by atoms with Crippen LogP contribution >= 0.6 is 34.2 Å². The lowest BCUT2D eigenvalue weighted by molar-refractivity contribution is 0.0898. The van der Waals surface area contributed by atoms with Crippen molar-refractivity contribution >= 4 is 53.3 Å². The van der Waals surface area contributed by atoms with Gasteiger partial charge in [-0.25, -0.2) is 4.98 Å². The third kappa shape index (κ3) is 4.17. The fraction of sp³-hybridized carbons (Fsp3) is 0.462. The van der Waals surface area contributed by atoms with Crippen LogP contribution < -0.4 is 0 Å². The highest BCUT2D eigenvalue weighted by Crippen LogP contribution is 2.24. The second-order valence-corrected chi connectivity index (χ2v) is 13.0. The standard InChI is InChI=1S/C13H18ClIN2OSi/c1-19(2,3)5-4-18-9-17-8-12(15)11-6-10(14)7-16-13(11)17/h6-8H,4-5,9H2,1-3H3. The molecule has 2 aromatic rings. The predicted molar refractivity (Wildman–Crippen MR) is 91.6 cm³/mol. The van der Waals surface area contributed by atoms with Crippen LogP contribution in [0, 0.1) is 3.57 Å². The van der Waals surface area contributed by atoms with Gasteiger partial charge < -0.3 is 9.30 Å². The van der Waals surface area contributed by atoms with Gasteiger partial charge in [0.15, 0.2) is 0 Å². The maximum atomic E-state index is 5.98. The van der Waals surface area contributed by atoms with Crippen LogP contribution in [0.1, 0.15) is 0 Å². The molecule has 2 heterocycles. The molecule has 0 saturated heterocycles. The number of nitrogens with zero attached hydrogens (tertiary/aromatic N) is 2. The molecule has 0 aliphatic carbocycles. The summed E-state index contributed by atoms with van der Waals surface area (Å²) in [6, 6.07) is 3.13. The molecule has 0 bridgehead atoms. The van der Waals surface area contributed by atoms with Gasteiger partial charge in [0.2, 0.25) is 0 Å². The monoisotopic (exact) mass is 408 g/mol. The number of halogens is 2. The van der Waals surface area contributed by atoms with Crippen molar-refractivity contribution in [1.82, 2.24) is 9.55 Å². The second-order valence-electron chi connectivity index (χ2n) is 5.82. The summed E-state index contributed by atoms with van der Waals surface area (Å²) in [6.45, 7) is 8.44. The molecule has 0 aliphatic heterocycles. The Hall–Kier alpha value is -0.113. The van der Waals surface area contributed by atoms with Crippen molar-refractivity contribution in [2.24, 2.45) is 0 Å². The van der Waals surface area contributed by atoms with Crippen LogP contribution in [0.5, 0.6) is 0 Å².